The molecule has 10 nitrogen and oxygen atoms in total. The number of aliphatic imine (C=N–C) groups is 1. The number of amides is 2. The minimum atomic E-state index is -1.05. The van der Waals surface area contributed by atoms with E-state index in [1.807, 2.05) is 31.2 Å². The Morgan fingerprint density at radius 2 is 1.67 bits per heavy atom. The Balaban J connectivity index is 0.000000381. The molecule has 2 rings (SSSR count). The summed E-state index contributed by atoms with van der Waals surface area (Å²) in [4.78, 5) is 26.5. The summed E-state index contributed by atoms with van der Waals surface area (Å²) in [6, 6.07) is 12.7. The van der Waals surface area contributed by atoms with E-state index in [1.54, 1.807) is 32.4 Å². The molecule has 10 heteroatoms. The number of carboxylic acid groups (broad SMARTS) is 1. The highest BCUT2D eigenvalue weighted by molar-refractivity contribution is 5.97. The second kappa shape index (κ2) is 15.9. The summed E-state index contributed by atoms with van der Waals surface area (Å²) < 4.78 is 15.3. The zero-order chi connectivity index (χ0) is 27.1. The van der Waals surface area contributed by atoms with Gasteiger partial charge in [-0.15, -0.1) is 0 Å². The van der Waals surface area contributed by atoms with Crippen molar-refractivity contribution in [2.45, 2.75) is 46.2 Å². The van der Waals surface area contributed by atoms with Gasteiger partial charge in [0.15, 0.2) is 17.5 Å². The number of hydrogen-bond acceptors (Lipinski definition) is 6. The first-order chi connectivity index (χ1) is 17.1. The second-order valence-corrected chi connectivity index (χ2v) is 8.42. The fourth-order valence-corrected chi connectivity index (χ4v) is 3.33. The molecule has 0 aliphatic rings. The fraction of sp³-hybridized carbons (Fsp3) is 0.423. The number of methoxy groups -OCH3 is 3. The minimum absolute atomic E-state index is 0.0992. The third-order valence-corrected chi connectivity index (χ3v) is 4.83. The predicted molar refractivity (Wildman–Crippen MR) is 140 cm³/mol. The van der Waals surface area contributed by atoms with Crippen LogP contribution >= 0.6 is 0 Å². The van der Waals surface area contributed by atoms with Gasteiger partial charge in [0.05, 0.1) is 33.8 Å². The summed E-state index contributed by atoms with van der Waals surface area (Å²) >= 11 is 0. The van der Waals surface area contributed by atoms with Crippen molar-refractivity contribution in [1.29, 1.82) is 0 Å². The van der Waals surface area contributed by atoms with Crippen LogP contribution in [0.25, 0.3) is 0 Å². The molecule has 0 unspecified atom stereocenters. The Bertz CT molecular complexity index is 1010. The number of rotatable bonds is 10. The molecule has 0 spiro atoms. The first kappa shape index (κ1) is 30.1. The average molecular weight is 503 g/mol. The summed E-state index contributed by atoms with van der Waals surface area (Å²) in [5.41, 5.74) is 7.44. The van der Waals surface area contributed by atoms with E-state index in [1.165, 1.54) is 7.11 Å². The smallest absolute Gasteiger partial charge is 0.404 e. The standard InChI is InChI=1S/C16H25N3O2.C10H13NO4/c1-11(2)8-12(3)18-16(17)19-15(20)10-13-6-5-7-14(9-13)21-4;1-14-8-4-3-7(5-9(8)15-2)6-11-10(12)13/h5-7,9,11-12H,8,10H2,1-4H3,(H3,17,18,19,20);3-5,11H,6H2,1-2H3,(H,12,13)/t12-;/m1./s1. The van der Waals surface area contributed by atoms with Crippen molar-refractivity contribution in [3.63, 3.8) is 0 Å². The van der Waals surface area contributed by atoms with Gasteiger partial charge in [-0.1, -0.05) is 32.0 Å². The van der Waals surface area contributed by atoms with Crippen LogP contribution in [0.3, 0.4) is 0 Å². The van der Waals surface area contributed by atoms with Crippen molar-refractivity contribution < 1.29 is 28.9 Å². The summed E-state index contributed by atoms with van der Waals surface area (Å²) in [5, 5.41) is 13.3. The van der Waals surface area contributed by atoms with Crippen molar-refractivity contribution >= 4 is 18.0 Å². The molecule has 0 aliphatic carbocycles. The molecule has 0 fully saturated rings. The molecule has 0 aliphatic heterocycles. The van der Waals surface area contributed by atoms with E-state index >= 15 is 0 Å². The lowest BCUT2D eigenvalue weighted by molar-refractivity contribution is -0.119. The highest BCUT2D eigenvalue weighted by Crippen LogP contribution is 2.27. The lowest BCUT2D eigenvalue weighted by Crippen LogP contribution is -2.38. The molecule has 0 aromatic heterocycles. The minimum Gasteiger partial charge on any atom is -0.497 e. The molecule has 0 heterocycles. The molecular weight excluding hydrogens is 464 g/mol. The highest BCUT2D eigenvalue weighted by Gasteiger charge is 2.08. The Morgan fingerprint density at radius 3 is 2.25 bits per heavy atom. The van der Waals surface area contributed by atoms with Gasteiger partial charge in [-0.2, -0.15) is 0 Å². The van der Waals surface area contributed by atoms with E-state index in [2.05, 4.69) is 29.5 Å². The van der Waals surface area contributed by atoms with Crippen LogP contribution in [0.4, 0.5) is 4.79 Å². The van der Waals surface area contributed by atoms with E-state index in [0.29, 0.717) is 17.4 Å². The van der Waals surface area contributed by atoms with E-state index in [-0.39, 0.29) is 30.9 Å². The van der Waals surface area contributed by atoms with Crippen LogP contribution in [0.5, 0.6) is 17.2 Å². The van der Waals surface area contributed by atoms with E-state index in [4.69, 9.17) is 25.1 Å². The fourth-order valence-electron chi connectivity index (χ4n) is 3.33. The average Bonchev–Trinajstić information content (AvgIpc) is 2.82. The summed E-state index contributed by atoms with van der Waals surface area (Å²) in [7, 11) is 4.68. The van der Waals surface area contributed by atoms with Gasteiger partial charge in [-0.05, 0) is 54.7 Å². The number of nitrogens with zero attached hydrogens (tertiary/aromatic N) is 1. The quantitative estimate of drug-likeness (QED) is 0.287. The van der Waals surface area contributed by atoms with Crippen LogP contribution in [0, 0.1) is 5.92 Å². The van der Waals surface area contributed by atoms with Crippen molar-refractivity contribution in [3.05, 3.63) is 53.6 Å². The van der Waals surface area contributed by atoms with E-state index < -0.39 is 6.09 Å². The number of nitrogens with two attached hydrogens (primary N) is 1. The Hall–Kier alpha value is -3.95. The Morgan fingerprint density at radius 1 is 0.972 bits per heavy atom. The van der Waals surface area contributed by atoms with Gasteiger partial charge in [0, 0.05) is 6.54 Å². The molecule has 36 heavy (non-hydrogen) atoms. The number of carbonyl (C=O) groups is 2. The largest absolute Gasteiger partial charge is 0.497 e. The second-order valence-electron chi connectivity index (χ2n) is 8.42. The summed E-state index contributed by atoms with van der Waals surface area (Å²) in [6.07, 6.45) is 0.128. The van der Waals surface area contributed by atoms with Crippen molar-refractivity contribution in [3.8, 4) is 17.2 Å². The van der Waals surface area contributed by atoms with Crippen LogP contribution in [0.15, 0.2) is 47.5 Å². The zero-order valence-corrected chi connectivity index (χ0v) is 21.8. The first-order valence-electron chi connectivity index (χ1n) is 11.5. The summed E-state index contributed by atoms with van der Waals surface area (Å²) in [5.74, 6) is 2.48. The van der Waals surface area contributed by atoms with Crippen molar-refractivity contribution in [2.24, 2.45) is 16.6 Å². The molecule has 1 atom stereocenters. The molecule has 198 valence electrons. The van der Waals surface area contributed by atoms with Crippen LogP contribution in [0.1, 0.15) is 38.3 Å². The van der Waals surface area contributed by atoms with Crippen molar-refractivity contribution in [2.75, 3.05) is 21.3 Å². The Kier molecular flexibility index (Phi) is 13.2. The number of guanidine groups is 1. The molecule has 0 radical (unpaired) electrons. The molecule has 0 saturated carbocycles. The molecule has 2 aromatic carbocycles. The normalized spacial score (nSPS) is 11.6. The van der Waals surface area contributed by atoms with Crippen LogP contribution < -0.4 is 30.6 Å². The van der Waals surface area contributed by atoms with Crippen LogP contribution in [0.2, 0.25) is 0 Å². The monoisotopic (exact) mass is 502 g/mol. The van der Waals surface area contributed by atoms with E-state index in [9.17, 15) is 9.59 Å². The maximum atomic E-state index is 11.9. The van der Waals surface area contributed by atoms with Gasteiger partial charge < -0.3 is 30.4 Å². The van der Waals surface area contributed by atoms with Crippen LogP contribution in [-0.2, 0) is 17.8 Å². The van der Waals surface area contributed by atoms with Crippen LogP contribution in [-0.4, -0.2) is 50.4 Å². The van der Waals surface area contributed by atoms with Gasteiger partial charge >= 0.3 is 6.09 Å². The lowest BCUT2D eigenvalue weighted by atomic mass is 10.1. The highest BCUT2D eigenvalue weighted by atomic mass is 16.5. The summed E-state index contributed by atoms with van der Waals surface area (Å²) in [6.45, 7) is 6.49. The topological polar surface area (TPSA) is 144 Å². The van der Waals surface area contributed by atoms with Gasteiger partial charge in [-0.25, -0.2) is 4.79 Å². The van der Waals surface area contributed by atoms with Gasteiger partial charge in [-0.3, -0.25) is 15.1 Å². The van der Waals surface area contributed by atoms with Gasteiger partial charge in [0.1, 0.15) is 5.75 Å². The molecule has 2 amide bonds. The zero-order valence-electron chi connectivity index (χ0n) is 21.8. The number of carbonyl (C=O) groups excluding carboxylic acids is 1. The van der Waals surface area contributed by atoms with Gasteiger partial charge in [0.2, 0.25) is 5.91 Å². The third kappa shape index (κ3) is 12.0. The number of ether oxygens (including phenoxy) is 3. The molecular formula is C26H38N4O6. The SMILES string of the molecule is COc1ccc(CNC(=O)O)cc1OC.COc1cccc(CC(=O)NC(N)=N[C@H](C)CC(C)C)c1. The first-order valence-corrected chi connectivity index (χ1v) is 11.5. The third-order valence-electron chi connectivity index (χ3n) is 4.83. The maximum Gasteiger partial charge on any atom is 0.404 e. The maximum absolute atomic E-state index is 11.9. The Labute approximate surface area is 212 Å². The molecule has 0 saturated heterocycles. The van der Waals surface area contributed by atoms with Gasteiger partial charge in [0.25, 0.3) is 0 Å². The number of benzene rings is 2. The predicted octanol–water partition coefficient (Wildman–Crippen LogP) is 3.57. The van der Waals surface area contributed by atoms with E-state index in [0.717, 1.165) is 23.3 Å². The number of nitrogens with one attached hydrogen (secondary N) is 2. The lowest BCUT2D eigenvalue weighted by Gasteiger charge is -2.11. The number of hydrogen-bond donors (Lipinski definition) is 4. The molecule has 0 bridgehead atoms. The molecule has 2 aromatic rings. The van der Waals surface area contributed by atoms with Crippen molar-refractivity contribution in [1.82, 2.24) is 10.6 Å². The molecule has 5 N–H and O–H groups in total.